The second-order valence-electron chi connectivity index (χ2n) is 9.72. The number of hydrogen-bond donors (Lipinski definition) is 0. The van der Waals surface area contributed by atoms with Crippen molar-refractivity contribution in [1.82, 2.24) is 24.7 Å². The molecule has 14 heteroatoms. The number of esters is 1. The molecule has 1 atom stereocenters. The molecule has 1 unspecified atom stereocenters. The Labute approximate surface area is 222 Å². The van der Waals surface area contributed by atoms with E-state index in [0.717, 1.165) is 12.8 Å². The van der Waals surface area contributed by atoms with Crippen molar-refractivity contribution in [3.05, 3.63) is 47.0 Å². The molecular weight excluding hydrogens is 519 g/mol. The first-order valence-electron chi connectivity index (χ1n) is 12.8. The Kier molecular flexibility index (Phi) is 7.28. The summed E-state index contributed by atoms with van der Waals surface area (Å²) in [5, 5.41) is 8.02. The third-order valence-electron chi connectivity index (χ3n) is 6.77. The summed E-state index contributed by atoms with van der Waals surface area (Å²) in [5.41, 5.74) is -0.865. The molecule has 39 heavy (non-hydrogen) atoms. The third-order valence-corrected chi connectivity index (χ3v) is 6.77. The molecule has 5 rings (SSSR count). The number of oxazole rings is 1. The van der Waals surface area contributed by atoms with E-state index in [0.29, 0.717) is 55.8 Å². The second-order valence-corrected chi connectivity index (χ2v) is 9.72. The maximum Gasteiger partial charge on any atom is 0.437 e. The van der Waals surface area contributed by atoms with E-state index in [1.165, 1.54) is 6.20 Å². The summed E-state index contributed by atoms with van der Waals surface area (Å²) in [6.45, 7) is 6.32. The number of pyridine rings is 1. The van der Waals surface area contributed by atoms with Crippen molar-refractivity contribution in [1.29, 1.82) is 0 Å². The van der Waals surface area contributed by atoms with Crippen LogP contribution in [0.15, 0.2) is 22.7 Å². The molecule has 11 nitrogen and oxygen atoms in total. The van der Waals surface area contributed by atoms with Crippen molar-refractivity contribution in [2.45, 2.75) is 52.4 Å². The van der Waals surface area contributed by atoms with Gasteiger partial charge in [0.05, 0.1) is 13.2 Å². The topological polar surface area (TPSA) is 119 Å². The minimum Gasteiger partial charge on any atom is -0.460 e. The first-order valence-corrected chi connectivity index (χ1v) is 12.8. The highest BCUT2D eigenvalue weighted by atomic mass is 19.4. The van der Waals surface area contributed by atoms with Crippen molar-refractivity contribution in [2.24, 2.45) is 5.92 Å². The van der Waals surface area contributed by atoms with Crippen molar-refractivity contribution < 1.29 is 31.9 Å². The van der Waals surface area contributed by atoms with Crippen LogP contribution >= 0.6 is 0 Å². The monoisotopic (exact) mass is 547 g/mol. The number of fused-ring (bicyclic) bond motifs is 1. The summed E-state index contributed by atoms with van der Waals surface area (Å²) in [6, 6.07) is 3.15. The van der Waals surface area contributed by atoms with E-state index < -0.39 is 29.4 Å². The summed E-state index contributed by atoms with van der Waals surface area (Å²) in [4.78, 5) is 36.6. The zero-order valence-corrected chi connectivity index (χ0v) is 21.6. The van der Waals surface area contributed by atoms with Crippen LogP contribution in [0.25, 0.3) is 0 Å². The van der Waals surface area contributed by atoms with E-state index in [1.807, 2.05) is 11.8 Å². The fraction of sp³-hybridized carbons (Fsp3) is 0.520. The SMILES string of the molecule is CCOC(=O)c1nnc2n1CCN(c1ccc(CC(=O)c3oc(N4CCCC(C)C4)nc3C(F)(F)F)cn1)C2. The van der Waals surface area contributed by atoms with Gasteiger partial charge >= 0.3 is 12.1 Å². The molecule has 2 aliphatic rings. The third kappa shape index (κ3) is 5.59. The maximum atomic E-state index is 13.7. The highest BCUT2D eigenvalue weighted by Crippen LogP contribution is 2.35. The van der Waals surface area contributed by atoms with Gasteiger partial charge in [0.1, 0.15) is 5.82 Å². The zero-order valence-electron chi connectivity index (χ0n) is 21.6. The second kappa shape index (κ2) is 10.7. The summed E-state index contributed by atoms with van der Waals surface area (Å²) in [5.74, 6) is -0.526. The Morgan fingerprint density at radius 1 is 1.15 bits per heavy atom. The van der Waals surface area contributed by atoms with Crippen molar-refractivity contribution in [3.8, 4) is 0 Å². The molecule has 0 amide bonds. The molecule has 0 spiro atoms. The molecule has 208 valence electrons. The van der Waals surface area contributed by atoms with Gasteiger partial charge in [-0.1, -0.05) is 13.0 Å². The normalized spacial score (nSPS) is 17.7. The van der Waals surface area contributed by atoms with E-state index in [2.05, 4.69) is 20.2 Å². The van der Waals surface area contributed by atoms with Gasteiger partial charge in [0.15, 0.2) is 11.5 Å². The standard InChI is InChI=1S/C25H28F3N7O4/c1-3-38-23(37)22-32-31-19-14-33(9-10-35(19)22)18-7-6-16(12-29-18)11-17(36)20-21(25(26,27)28)30-24(39-20)34-8-4-5-15(2)13-34/h6-7,12,15H,3-5,8-11,13-14H2,1-2H3. The van der Waals surface area contributed by atoms with Gasteiger partial charge in [-0.05, 0) is 37.3 Å². The van der Waals surface area contributed by atoms with Crippen LogP contribution in [-0.2, 0) is 30.4 Å². The van der Waals surface area contributed by atoms with Gasteiger partial charge in [-0.3, -0.25) is 4.79 Å². The molecule has 3 aromatic rings. The molecule has 0 N–H and O–H groups in total. The number of rotatable bonds is 7. The molecule has 0 saturated carbocycles. The molecular formula is C25H28F3N7O4. The Morgan fingerprint density at radius 3 is 2.67 bits per heavy atom. The number of alkyl halides is 3. The van der Waals surface area contributed by atoms with Gasteiger partial charge in [0, 0.05) is 38.8 Å². The van der Waals surface area contributed by atoms with Gasteiger partial charge < -0.3 is 23.5 Å². The van der Waals surface area contributed by atoms with Crippen LogP contribution < -0.4 is 9.80 Å². The number of hydrogen-bond acceptors (Lipinski definition) is 10. The van der Waals surface area contributed by atoms with Crippen LogP contribution in [0.2, 0.25) is 0 Å². The van der Waals surface area contributed by atoms with Crippen molar-refractivity contribution >= 4 is 23.6 Å². The van der Waals surface area contributed by atoms with Gasteiger partial charge in [-0.2, -0.15) is 18.2 Å². The van der Waals surface area contributed by atoms with Crippen molar-refractivity contribution in [2.75, 3.05) is 36.0 Å². The predicted molar refractivity (Wildman–Crippen MR) is 131 cm³/mol. The number of anilines is 2. The quantitative estimate of drug-likeness (QED) is 0.321. The lowest BCUT2D eigenvalue weighted by atomic mass is 10.0. The van der Waals surface area contributed by atoms with Crippen LogP contribution in [0.1, 0.15) is 64.9 Å². The summed E-state index contributed by atoms with van der Waals surface area (Å²) in [7, 11) is 0. The summed E-state index contributed by atoms with van der Waals surface area (Å²) < 4.78 is 53.2. The van der Waals surface area contributed by atoms with Crippen molar-refractivity contribution in [3.63, 3.8) is 0 Å². The molecule has 2 aliphatic heterocycles. The number of aromatic nitrogens is 5. The maximum absolute atomic E-state index is 13.7. The van der Waals surface area contributed by atoms with Gasteiger partial charge in [0.25, 0.3) is 6.01 Å². The molecule has 0 aliphatic carbocycles. The Hall–Kier alpha value is -3.97. The molecule has 0 aromatic carbocycles. The molecule has 1 fully saturated rings. The lowest BCUT2D eigenvalue weighted by Gasteiger charge is -2.29. The van der Waals surface area contributed by atoms with E-state index >= 15 is 0 Å². The molecule has 0 bridgehead atoms. The van der Waals surface area contributed by atoms with E-state index in [4.69, 9.17) is 9.15 Å². The number of Topliss-reactive ketones (excluding diaryl/α,β-unsaturated/α-hetero) is 1. The number of ether oxygens (including phenoxy) is 1. The Bertz CT molecular complexity index is 1350. The van der Waals surface area contributed by atoms with E-state index in [9.17, 15) is 22.8 Å². The Morgan fingerprint density at radius 2 is 1.97 bits per heavy atom. The molecule has 1 saturated heterocycles. The molecule has 3 aromatic heterocycles. The lowest BCUT2D eigenvalue weighted by Crippen LogP contribution is -2.35. The zero-order chi connectivity index (χ0) is 27.7. The number of nitrogens with zero attached hydrogens (tertiary/aromatic N) is 7. The molecule has 0 radical (unpaired) electrons. The average Bonchev–Trinajstić information content (AvgIpc) is 3.54. The first kappa shape index (κ1) is 26.6. The van der Waals surface area contributed by atoms with E-state index in [1.54, 1.807) is 28.5 Å². The van der Waals surface area contributed by atoms with Crippen LogP contribution in [0.5, 0.6) is 0 Å². The van der Waals surface area contributed by atoms with Gasteiger partial charge in [0.2, 0.25) is 17.4 Å². The van der Waals surface area contributed by atoms with Gasteiger partial charge in [-0.25, -0.2) is 9.78 Å². The first-order chi connectivity index (χ1) is 18.6. The Balaban J connectivity index is 1.28. The number of carbonyl (C=O) groups excluding carboxylic acids is 2. The average molecular weight is 548 g/mol. The minimum atomic E-state index is -4.82. The fourth-order valence-corrected chi connectivity index (χ4v) is 4.86. The number of piperidine rings is 1. The number of halogens is 3. The molecule has 5 heterocycles. The predicted octanol–water partition coefficient (Wildman–Crippen LogP) is 3.54. The van der Waals surface area contributed by atoms with Crippen LogP contribution in [-0.4, -0.2) is 62.7 Å². The summed E-state index contributed by atoms with van der Waals surface area (Å²) in [6.07, 6.45) is -1.90. The smallest absolute Gasteiger partial charge is 0.437 e. The highest BCUT2D eigenvalue weighted by molar-refractivity contribution is 5.96. The van der Waals surface area contributed by atoms with E-state index in [-0.39, 0.29) is 24.9 Å². The summed E-state index contributed by atoms with van der Waals surface area (Å²) >= 11 is 0. The number of ketones is 1. The fourth-order valence-electron chi connectivity index (χ4n) is 4.86. The minimum absolute atomic E-state index is 0.150. The highest BCUT2D eigenvalue weighted by Gasteiger charge is 2.42. The van der Waals surface area contributed by atoms with Gasteiger partial charge in [-0.15, -0.1) is 10.2 Å². The van der Waals surface area contributed by atoms with Crippen LogP contribution in [0.4, 0.5) is 25.0 Å². The van der Waals surface area contributed by atoms with Crippen LogP contribution in [0.3, 0.4) is 0 Å². The lowest BCUT2D eigenvalue weighted by molar-refractivity contribution is -0.141. The largest absolute Gasteiger partial charge is 0.460 e. The van der Waals surface area contributed by atoms with Crippen LogP contribution in [0, 0.1) is 5.92 Å². The number of carbonyl (C=O) groups is 2.